The van der Waals surface area contributed by atoms with Crippen molar-refractivity contribution < 1.29 is 13.2 Å². The molecule has 0 aromatic heterocycles. The molecule has 0 heterocycles. The van der Waals surface area contributed by atoms with E-state index in [4.69, 9.17) is 23.2 Å². The Morgan fingerprint density at radius 1 is 1.12 bits per heavy atom. The van der Waals surface area contributed by atoms with Gasteiger partial charge in [0.15, 0.2) is 0 Å². The highest BCUT2D eigenvalue weighted by Gasteiger charge is 2.17. The fourth-order valence-electron chi connectivity index (χ4n) is 1.94. The molecule has 2 aromatic rings. The van der Waals surface area contributed by atoms with E-state index in [-0.39, 0.29) is 4.90 Å². The van der Waals surface area contributed by atoms with E-state index in [9.17, 15) is 13.2 Å². The number of sulfonamides is 1. The van der Waals surface area contributed by atoms with Crippen LogP contribution in [-0.4, -0.2) is 32.7 Å². The minimum absolute atomic E-state index is 0.0946. The van der Waals surface area contributed by atoms with Crippen molar-refractivity contribution in [2.75, 3.05) is 19.4 Å². The van der Waals surface area contributed by atoms with Gasteiger partial charge in [-0.05, 0) is 35.9 Å². The van der Waals surface area contributed by atoms with Gasteiger partial charge >= 0.3 is 0 Å². The van der Waals surface area contributed by atoms with Crippen LogP contribution in [0.2, 0.25) is 10.0 Å². The van der Waals surface area contributed by atoms with Crippen LogP contribution in [0.15, 0.2) is 53.4 Å². The Morgan fingerprint density at radius 2 is 1.80 bits per heavy atom. The number of anilines is 1. The molecule has 0 unspecified atom stereocenters. The van der Waals surface area contributed by atoms with Crippen LogP contribution in [-0.2, 0) is 14.8 Å². The molecular weight excluding hydrogens is 383 g/mol. The lowest BCUT2D eigenvalue weighted by atomic mass is 10.2. The largest absolute Gasteiger partial charge is 0.322 e. The zero-order chi connectivity index (χ0) is 18.6. The lowest BCUT2D eigenvalue weighted by Gasteiger charge is -2.12. The number of nitrogens with one attached hydrogen (secondary N) is 1. The SMILES string of the molecule is CN(C)S(=O)(=O)c1cccc(NC(=O)/C=C/c2cccc(Cl)c2Cl)c1. The molecule has 0 fully saturated rings. The van der Waals surface area contributed by atoms with Crippen molar-refractivity contribution in [3.8, 4) is 0 Å². The summed E-state index contributed by atoms with van der Waals surface area (Å²) in [4.78, 5) is 12.1. The number of carbonyl (C=O) groups is 1. The first-order chi connectivity index (χ1) is 11.7. The Labute approximate surface area is 156 Å². The number of benzene rings is 2. The summed E-state index contributed by atoms with van der Waals surface area (Å²) in [5.74, 6) is -0.421. The molecule has 132 valence electrons. The maximum atomic E-state index is 12.1. The van der Waals surface area contributed by atoms with E-state index >= 15 is 0 Å². The standard InChI is InChI=1S/C17H16Cl2N2O3S/c1-21(2)25(23,24)14-7-4-6-13(11-14)20-16(22)10-9-12-5-3-8-15(18)17(12)19/h3-11H,1-2H3,(H,20,22)/b10-9+. The van der Waals surface area contributed by atoms with Gasteiger partial charge in [0, 0.05) is 25.9 Å². The van der Waals surface area contributed by atoms with Gasteiger partial charge in [0.25, 0.3) is 0 Å². The van der Waals surface area contributed by atoms with Crippen molar-refractivity contribution >= 4 is 50.9 Å². The summed E-state index contributed by atoms with van der Waals surface area (Å²) in [5.41, 5.74) is 0.975. The zero-order valence-corrected chi connectivity index (χ0v) is 15.9. The number of halogens is 2. The first-order valence-electron chi connectivity index (χ1n) is 7.17. The molecule has 5 nitrogen and oxygen atoms in total. The van der Waals surface area contributed by atoms with Crippen molar-refractivity contribution in [3.05, 3.63) is 64.1 Å². The number of rotatable bonds is 5. The molecule has 0 spiro atoms. The summed E-state index contributed by atoms with van der Waals surface area (Å²) in [5, 5.41) is 3.36. The summed E-state index contributed by atoms with van der Waals surface area (Å²) in [6.45, 7) is 0. The highest BCUT2D eigenvalue weighted by atomic mass is 35.5. The molecule has 2 rings (SSSR count). The summed E-state index contributed by atoms with van der Waals surface area (Å²) < 4.78 is 25.4. The summed E-state index contributed by atoms with van der Waals surface area (Å²) in [7, 11) is -0.684. The van der Waals surface area contributed by atoms with E-state index in [0.29, 0.717) is 21.3 Å². The zero-order valence-electron chi connectivity index (χ0n) is 13.5. The highest BCUT2D eigenvalue weighted by Crippen LogP contribution is 2.26. The predicted molar refractivity (Wildman–Crippen MR) is 101 cm³/mol. The van der Waals surface area contributed by atoms with Gasteiger partial charge in [-0.3, -0.25) is 4.79 Å². The molecule has 0 radical (unpaired) electrons. The van der Waals surface area contributed by atoms with Gasteiger partial charge in [-0.15, -0.1) is 0 Å². The predicted octanol–water partition coefficient (Wildman–Crippen LogP) is 3.90. The smallest absolute Gasteiger partial charge is 0.248 e. The average molecular weight is 399 g/mol. The fourth-order valence-corrected chi connectivity index (χ4v) is 3.26. The lowest BCUT2D eigenvalue weighted by Crippen LogP contribution is -2.22. The maximum Gasteiger partial charge on any atom is 0.248 e. The third kappa shape index (κ3) is 4.83. The lowest BCUT2D eigenvalue weighted by molar-refractivity contribution is -0.111. The monoisotopic (exact) mass is 398 g/mol. The summed E-state index contributed by atoms with van der Waals surface area (Å²) in [6, 6.07) is 11.1. The molecule has 0 aliphatic heterocycles. The van der Waals surface area contributed by atoms with E-state index in [1.54, 1.807) is 30.3 Å². The summed E-state index contributed by atoms with van der Waals surface area (Å²) >= 11 is 12.0. The third-order valence-corrected chi connectivity index (χ3v) is 5.92. The third-order valence-electron chi connectivity index (χ3n) is 3.28. The van der Waals surface area contributed by atoms with Crippen LogP contribution in [0.25, 0.3) is 6.08 Å². The van der Waals surface area contributed by atoms with Crippen LogP contribution in [0.4, 0.5) is 5.69 Å². The van der Waals surface area contributed by atoms with Crippen molar-refractivity contribution in [2.24, 2.45) is 0 Å². The number of nitrogens with zero attached hydrogens (tertiary/aromatic N) is 1. The Balaban J connectivity index is 2.16. The van der Waals surface area contributed by atoms with Crippen LogP contribution >= 0.6 is 23.2 Å². The average Bonchev–Trinajstić information content (AvgIpc) is 2.56. The van der Waals surface area contributed by atoms with Crippen LogP contribution < -0.4 is 5.32 Å². The second kappa shape index (κ2) is 8.01. The molecular formula is C17H16Cl2N2O3S. The van der Waals surface area contributed by atoms with Gasteiger partial charge in [0.1, 0.15) is 0 Å². The van der Waals surface area contributed by atoms with Crippen molar-refractivity contribution in [3.63, 3.8) is 0 Å². The van der Waals surface area contributed by atoms with E-state index < -0.39 is 15.9 Å². The first-order valence-corrected chi connectivity index (χ1v) is 9.37. The second-order valence-electron chi connectivity index (χ2n) is 5.28. The molecule has 1 amide bonds. The molecule has 0 saturated carbocycles. The molecule has 25 heavy (non-hydrogen) atoms. The Kier molecular flexibility index (Phi) is 6.24. The van der Waals surface area contributed by atoms with Crippen LogP contribution in [0.5, 0.6) is 0 Å². The van der Waals surface area contributed by atoms with E-state index in [0.717, 1.165) is 4.31 Å². The Morgan fingerprint density at radius 3 is 2.48 bits per heavy atom. The normalized spacial score (nSPS) is 11.9. The quantitative estimate of drug-likeness (QED) is 0.776. The number of hydrogen-bond donors (Lipinski definition) is 1. The molecule has 0 bridgehead atoms. The van der Waals surface area contributed by atoms with E-state index in [1.807, 2.05) is 0 Å². The molecule has 2 aromatic carbocycles. The van der Waals surface area contributed by atoms with Gasteiger partial charge in [-0.2, -0.15) is 0 Å². The summed E-state index contributed by atoms with van der Waals surface area (Å²) in [6.07, 6.45) is 2.83. The Bertz CT molecular complexity index is 925. The van der Waals surface area contributed by atoms with E-state index in [1.165, 1.54) is 38.4 Å². The molecule has 0 saturated heterocycles. The molecule has 8 heteroatoms. The number of hydrogen-bond acceptors (Lipinski definition) is 3. The van der Waals surface area contributed by atoms with Crippen LogP contribution in [0.3, 0.4) is 0 Å². The highest BCUT2D eigenvalue weighted by molar-refractivity contribution is 7.89. The molecule has 0 aliphatic carbocycles. The van der Waals surface area contributed by atoms with Crippen LogP contribution in [0.1, 0.15) is 5.56 Å². The van der Waals surface area contributed by atoms with Gasteiger partial charge in [0.2, 0.25) is 15.9 Å². The van der Waals surface area contributed by atoms with E-state index in [2.05, 4.69) is 5.32 Å². The fraction of sp³-hybridized carbons (Fsp3) is 0.118. The molecule has 0 aliphatic rings. The second-order valence-corrected chi connectivity index (χ2v) is 8.22. The number of amides is 1. The van der Waals surface area contributed by atoms with Gasteiger partial charge in [-0.1, -0.05) is 41.4 Å². The van der Waals surface area contributed by atoms with Crippen molar-refractivity contribution in [1.82, 2.24) is 4.31 Å². The van der Waals surface area contributed by atoms with Crippen LogP contribution in [0, 0.1) is 0 Å². The molecule has 1 N–H and O–H groups in total. The minimum atomic E-state index is -3.57. The number of carbonyl (C=O) groups excluding carboxylic acids is 1. The molecule has 0 atom stereocenters. The Hall–Kier alpha value is -1.86. The minimum Gasteiger partial charge on any atom is -0.322 e. The van der Waals surface area contributed by atoms with Crippen molar-refractivity contribution in [2.45, 2.75) is 4.90 Å². The maximum absolute atomic E-state index is 12.1. The van der Waals surface area contributed by atoms with Gasteiger partial charge in [-0.25, -0.2) is 12.7 Å². The topological polar surface area (TPSA) is 66.5 Å². The van der Waals surface area contributed by atoms with Gasteiger partial charge in [0.05, 0.1) is 14.9 Å². The first kappa shape index (κ1) is 19.5. The van der Waals surface area contributed by atoms with Gasteiger partial charge < -0.3 is 5.32 Å². The van der Waals surface area contributed by atoms with Crippen molar-refractivity contribution in [1.29, 1.82) is 0 Å².